The number of nitrogens with zero attached hydrogens (tertiary/aromatic N) is 2. The molecule has 0 unspecified atom stereocenters. The van der Waals surface area contributed by atoms with Gasteiger partial charge in [0.15, 0.2) is 0 Å². The van der Waals surface area contributed by atoms with Gasteiger partial charge in [0.2, 0.25) is 11.8 Å². The summed E-state index contributed by atoms with van der Waals surface area (Å²) >= 11 is 0. The minimum absolute atomic E-state index is 0.131. The zero-order chi connectivity index (χ0) is 17.2. The van der Waals surface area contributed by atoms with Crippen molar-refractivity contribution < 1.29 is 9.59 Å². The number of carbonyl (C=O) groups is 2. The molecule has 0 spiro atoms. The Balaban J connectivity index is 2.47. The van der Waals surface area contributed by atoms with E-state index in [-0.39, 0.29) is 17.7 Å². The van der Waals surface area contributed by atoms with E-state index in [2.05, 4.69) is 20.8 Å². The summed E-state index contributed by atoms with van der Waals surface area (Å²) in [4.78, 5) is 29.0. The molecule has 0 heterocycles. The first-order valence-electron chi connectivity index (χ1n) is 9.58. The second kappa shape index (κ2) is 10.7. The molecule has 0 saturated heterocycles. The van der Waals surface area contributed by atoms with Gasteiger partial charge in [0.25, 0.3) is 0 Å². The van der Waals surface area contributed by atoms with Crippen molar-refractivity contribution in [3.63, 3.8) is 0 Å². The van der Waals surface area contributed by atoms with Crippen LogP contribution in [-0.2, 0) is 9.59 Å². The molecule has 4 heteroatoms. The van der Waals surface area contributed by atoms with E-state index in [4.69, 9.17) is 0 Å². The summed E-state index contributed by atoms with van der Waals surface area (Å²) in [5.74, 6) is 0.868. The highest BCUT2D eigenvalue weighted by Gasteiger charge is 2.32. The summed E-state index contributed by atoms with van der Waals surface area (Å²) in [6.07, 6.45) is 7.71. The topological polar surface area (TPSA) is 40.6 Å². The summed E-state index contributed by atoms with van der Waals surface area (Å²) in [6, 6.07) is 0. The molecule has 0 aromatic carbocycles. The van der Waals surface area contributed by atoms with Crippen LogP contribution in [0.3, 0.4) is 0 Å². The molecular formula is C19H36N2O2. The SMILES string of the molecule is CCCCN(C)C(=O)C1CCC(C(=O)N(CCC)CCC)CC1. The lowest BCUT2D eigenvalue weighted by Crippen LogP contribution is -2.41. The molecule has 134 valence electrons. The quantitative estimate of drug-likeness (QED) is 0.649. The first-order chi connectivity index (χ1) is 11.0. The van der Waals surface area contributed by atoms with Crippen molar-refractivity contribution in [1.29, 1.82) is 0 Å². The Kier molecular flexibility index (Phi) is 9.27. The molecule has 0 bridgehead atoms. The Morgan fingerprint density at radius 3 is 1.70 bits per heavy atom. The molecule has 0 N–H and O–H groups in total. The summed E-state index contributed by atoms with van der Waals surface area (Å²) in [5.41, 5.74) is 0. The molecular weight excluding hydrogens is 288 g/mol. The van der Waals surface area contributed by atoms with Crippen LogP contribution < -0.4 is 0 Å². The Hall–Kier alpha value is -1.06. The minimum atomic E-state index is 0.131. The lowest BCUT2D eigenvalue weighted by Gasteiger charge is -2.33. The fraction of sp³-hybridized carbons (Fsp3) is 0.895. The monoisotopic (exact) mass is 324 g/mol. The average Bonchev–Trinajstić information content (AvgIpc) is 2.58. The van der Waals surface area contributed by atoms with E-state index in [0.29, 0.717) is 5.91 Å². The van der Waals surface area contributed by atoms with Crippen LogP contribution >= 0.6 is 0 Å². The molecule has 0 radical (unpaired) electrons. The highest BCUT2D eigenvalue weighted by Crippen LogP contribution is 2.31. The van der Waals surface area contributed by atoms with Crippen LogP contribution in [0.5, 0.6) is 0 Å². The van der Waals surface area contributed by atoms with Gasteiger partial charge in [-0.25, -0.2) is 0 Å². The highest BCUT2D eigenvalue weighted by atomic mass is 16.2. The fourth-order valence-electron chi connectivity index (χ4n) is 3.53. The van der Waals surface area contributed by atoms with E-state index in [1.165, 1.54) is 0 Å². The van der Waals surface area contributed by atoms with Gasteiger partial charge in [-0.05, 0) is 44.9 Å². The average molecular weight is 325 g/mol. The molecule has 23 heavy (non-hydrogen) atoms. The van der Waals surface area contributed by atoms with Crippen LogP contribution in [0.4, 0.5) is 0 Å². The standard InChI is InChI=1S/C19H36N2O2/c1-5-8-15-20(4)18(22)16-9-11-17(12-10-16)19(23)21(13-6-2)14-7-3/h16-17H,5-15H2,1-4H3. The molecule has 0 aliphatic heterocycles. The van der Waals surface area contributed by atoms with E-state index in [9.17, 15) is 9.59 Å². The van der Waals surface area contributed by atoms with Crippen molar-refractivity contribution in [2.75, 3.05) is 26.7 Å². The number of amides is 2. The molecule has 2 amide bonds. The molecule has 1 saturated carbocycles. The second-order valence-electron chi connectivity index (χ2n) is 6.99. The first kappa shape index (κ1) is 20.0. The number of hydrogen-bond donors (Lipinski definition) is 0. The molecule has 1 rings (SSSR count). The van der Waals surface area contributed by atoms with Crippen molar-refractivity contribution >= 4 is 11.8 Å². The van der Waals surface area contributed by atoms with Crippen molar-refractivity contribution in [1.82, 2.24) is 9.80 Å². The molecule has 0 aromatic rings. The summed E-state index contributed by atoms with van der Waals surface area (Å²) < 4.78 is 0. The largest absolute Gasteiger partial charge is 0.346 e. The van der Waals surface area contributed by atoms with E-state index in [0.717, 1.165) is 71.0 Å². The Labute approximate surface area is 142 Å². The predicted molar refractivity (Wildman–Crippen MR) is 95.2 cm³/mol. The van der Waals surface area contributed by atoms with Crippen molar-refractivity contribution in [3.05, 3.63) is 0 Å². The van der Waals surface area contributed by atoms with E-state index in [1.54, 1.807) is 0 Å². The van der Waals surface area contributed by atoms with Gasteiger partial charge >= 0.3 is 0 Å². The first-order valence-corrected chi connectivity index (χ1v) is 9.58. The number of unbranched alkanes of at least 4 members (excludes halogenated alkanes) is 1. The number of rotatable bonds is 9. The number of hydrogen-bond acceptors (Lipinski definition) is 2. The normalized spacial score (nSPS) is 21.0. The lowest BCUT2D eigenvalue weighted by atomic mass is 9.80. The summed E-state index contributed by atoms with van der Waals surface area (Å²) in [7, 11) is 1.92. The van der Waals surface area contributed by atoms with E-state index >= 15 is 0 Å². The zero-order valence-corrected chi connectivity index (χ0v) is 15.6. The smallest absolute Gasteiger partial charge is 0.225 e. The molecule has 0 aromatic heterocycles. The minimum Gasteiger partial charge on any atom is -0.346 e. The van der Waals surface area contributed by atoms with Gasteiger partial charge in [0, 0.05) is 38.5 Å². The molecule has 4 nitrogen and oxygen atoms in total. The van der Waals surface area contributed by atoms with Gasteiger partial charge in [-0.3, -0.25) is 9.59 Å². The maximum absolute atomic E-state index is 12.7. The van der Waals surface area contributed by atoms with Gasteiger partial charge < -0.3 is 9.80 Å². The van der Waals surface area contributed by atoms with Crippen LogP contribution in [-0.4, -0.2) is 48.3 Å². The zero-order valence-electron chi connectivity index (χ0n) is 15.6. The maximum Gasteiger partial charge on any atom is 0.225 e. The van der Waals surface area contributed by atoms with Gasteiger partial charge in [-0.1, -0.05) is 27.2 Å². The second-order valence-corrected chi connectivity index (χ2v) is 6.99. The molecule has 1 aliphatic carbocycles. The maximum atomic E-state index is 12.7. The Morgan fingerprint density at radius 2 is 1.26 bits per heavy atom. The van der Waals surface area contributed by atoms with Crippen molar-refractivity contribution in [2.45, 2.75) is 72.1 Å². The number of carbonyl (C=O) groups excluding carboxylic acids is 2. The van der Waals surface area contributed by atoms with Crippen LogP contribution in [0, 0.1) is 11.8 Å². The van der Waals surface area contributed by atoms with E-state index < -0.39 is 0 Å². The summed E-state index contributed by atoms with van der Waals surface area (Å²) in [5, 5.41) is 0. The molecule has 1 aliphatic rings. The highest BCUT2D eigenvalue weighted by molar-refractivity contribution is 5.81. The third-order valence-corrected chi connectivity index (χ3v) is 4.95. The summed E-state index contributed by atoms with van der Waals surface area (Å²) in [6.45, 7) is 8.98. The van der Waals surface area contributed by atoms with Crippen LogP contribution in [0.25, 0.3) is 0 Å². The fourth-order valence-corrected chi connectivity index (χ4v) is 3.53. The third kappa shape index (κ3) is 6.15. The third-order valence-electron chi connectivity index (χ3n) is 4.95. The Bertz CT molecular complexity index is 356. The molecule has 1 fully saturated rings. The van der Waals surface area contributed by atoms with Gasteiger partial charge in [0.1, 0.15) is 0 Å². The van der Waals surface area contributed by atoms with Crippen LogP contribution in [0.2, 0.25) is 0 Å². The van der Waals surface area contributed by atoms with Crippen molar-refractivity contribution in [2.24, 2.45) is 11.8 Å². The molecule has 0 atom stereocenters. The van der Waals surface area contributed by atoms with Crippen molar-refractivity contribution in [3.8, 4) is 0 Å². The van der Waals surface area contributed by atoms with Crippen LogP contribution in [0.1, 0.15) is 72.1 Å². The predicted octanol–water partition coefficient (Wildman–Crippen LogP) is 3.70. The Morgan fingerprint density at radius 1 is 0.783 bits per heavy atom. The van der Waals surface area contributed by atoms with Crippen LogP contribution in [0.15, 0.2) is 0 Å². The van der Waals surface area contributed by atoms with Gasteiger partial charge in [0.05, 0.1) is 0 Å². The van der Waals surface area contributed by atoms with Gasteiger partial charge in [-0.2, -0.15) is 0 Å². The van der Waals surface area contributed by atoms with Gasteiger partial charge in [-0.15, -0.1) is 0 Å². The lowest BCUT2D eigenvalue weighted by molar-refractivity contribution is -0.141. The van der Waals surface area contributed by atoms with E-state index in [1.807, 2.05) is 16.8 Å².